The van der Waals surface area contributed by atoms with Crippen LogP contribution in [0.2, 0.25) is 0 Å². The zero-order chi connectivity index (χ0) is 15.1. The molecule has 112 valence electrons. The average Bonchev–Trinajstić information content (AvgIpc) is 2.54. The molecule has 0 spiro atoms. The van der Waals surface area contributed by atoms with Crippen molar-refractivity contribution in [2.24, 2.45) is 0 Å². The van der Waals surface area contributed by atoms with Crippen LogP contribution in [0, 0.1) is 5.82 Å². The van der Waals surface area contributed by atoms with E-state index in [-0.39, 0.29) is 18.3 Å². The van der Waals surface area contributed by atoms with Gasteiger partial charge in [-0.1, -0.05) is 24.3 Å². The number of fused-ring (bicyclic) bond motifs is 2. The van der Waals surface area contributed by atoms with E-state index in [1.165, 1.54) is 17.2 Å². The summed E-state index contributed by atoms with van der Waals surface area (Å²) in [7, 11) is 0. The van der Waals surface area contributed by atoms with E-state index in [1.54, 1.807) is 6.07 Å². The SMILES string of the molecule is O=C1COc2c(F)cc(N3CCc4ccccc4C3)cc2N1. The maximum Gasteiger partial charge on any atom is 0.262 e. The van der Waals surface area contributed by atoms with Crippen LogP contribution >= 0.6 is 0 Å². The first-order valence-electron chi connectivity index (χ1n) is 7.28. The first-order valence-corrected chi connectivity index (χ1v) is 7.28. The van der Waals surface area contributed by atoms with Gasteiger partial charge in [0.2, 0.25) is 0 Å². The average molecular weight is 298 g/mol. The lowest BCUT2D eigenvalue weighted by atomic mass is 9.99. The van der Waals surface area contributed by atoms with Crippen LogP contribution in [0.4, 0.5) is 15.8 Å². The van der Waals surface area contributed by atoms with E-state index >= 15 is 0 Å². The number of rotatable bonds is 1. The molecule has 0 saturated carbocycles. The Bertz CT molecular complexity index is 760. The van der Waals surface area contributed by atoms with Crippen molar-refractivity contribution in [3.63, 3.8) is 0 Å². The lowest BCUT2D eigenvalue weighted by Gasteiger charge is -2.31. The third-order valence-electron chi connectivity index (χ3n) is 4.15. The second-order valence-corrected chi connectivity index (χ2v) is 5.58. The van der Waals surface area contributed by atoms with E-state index in [2.05, 4.69) is 22.3 Å². The van der Waals surface area contributed by atoms with E-state index in [0.717, 1.165) is 25.2 Å². The smallest absolute Gasteiger partial charge is 0.262 e. The molecule has 4 rings (SSSR count). The minimum absolute atomic E-state index is 0.126. The van der Waals surface area contributed by atoms with Gasteiger partial charge in [0.05, 0.1) is 5.69 Å². The van der Waals surface area contributed by atoms with Gasteiger partial charge >= 0.3 is 0 Å². The molecule has 0 radical (unpaired) electrons. The van der Waals surface area contributed by atoms with Crippen molar-refractivity contribution in [1.29, 1.82) is 0 Å². The number of amides is 1. The standard InChI is InChI=1S/C17H15FN2O2/c18-14-7-13(8-15-17(14)22-10-16(21)19-15)20-6-5-11-3-1-2-4-12(11)9-20/h1-4,7-8H,5-6,9-10H2,(H,19,21). The molecule has 4 nitrogen and oxygen atoms in total. The normalized spacial score (nSPS) is 16.4. The number of hydrogen-bond donors (Lipinski definition) is 1. The molecule has 5 heteroatoms. The molecule has 1 N–H and O–H groups in total. The molecule has 2 aromatic carbocycles. The van der Waals surface area contributed by atoms with Crippen LogP contribution in [0.25, 0.3) is 0 Å². The van der Waals surface area contributed by atoms with Gasteiger partial charge in [0.1, 0.15) is 0 Å². The molecular weight excluding hydrogens is 283 g/mol. The summed E-state index contributed by atoms with van der Waals surface area (Å²) in [5.74, 6) is -0.569. The molecule has 0 atom stereocenters. The Kier molecular flexibility index (Phi) is 2.99. The largest absolute Gasteiger partial charge is 0.478 e. The first-order chi connectivity index (χ1) is 10.7. The molecule has 0 fully saturated rings. The van der Waals surface area contributed by atoms with Crippen LogP contribution in [0.5, 0.6) is 5.75 Å². The molecule has 0 unspecified atom stereocenters. The number of carbonyl (C=O) groups excluding carboxylic acids is 1. The number of anilines is 2. The molecule has 2 heterocycles. The molecular formula is C17H15FN2O2. The van der Waals surface area contributed by atoms with Crippen LogP contribution in [-0.2, 0) is 17.8 Å². The second-order valence-electron chi connectivity index (χ2n) is 5.58. The molecule has 22 heavy (non-hydrogen) atoms. The van der Waals surface area contributed by atoms with Crippen molar-refractivity contribution in [3.8, 4) is 5.75 Å². The van der Waals surface area contributed by atoms with Crippen molar-refractivity contribution in [3.05, 3.63) is 53.3 Å². The third-order valence-corrected chi connectivity index (χ3v) is 4.15. The Labute approximate surface area is 127 Å². The van der Waals surface area contributed by atoms with Gasteiger partial charge < -0.3 is 15.0 Å². The Hall–Kier alpha value is -2.56. The number of carbonyl (C=O) groups is 1. The number of halogens is 1. The summed E-state index contributed by atoms with van der Waals surface area (Å²) in [4.78, 5) is 13.5. The Balaban J connectivity index is 1.68. The quantitative estimate of drug-likeness (QED) is 0.880. The predicted octanol–water partition coefficient (Wildman–Crippen LogP) is 2.72. The molecule has 2 aliphatic rings. The van der Waals surface area contributed by atoms with Gasteiger partial charge in [-0.05, 0) is 23.6 Å². The highest BCUT2D eigenvalue weighted by Crippen LogP contribution is 2.36. The van der Waals surface area contributed by atoms with Gasteiger partial charge in [0, 0.05) is 24.8 Å². The van der Waals surface area contributed by atoms with E-state index in [1.807, 2.05) is 12.1 Å². The zero-order valence-electron chi connectivity index (χ0n) is 11.9. The van der Waals surface area contributed by atoms with Gasteiger partial charge in [0.25, 0.3) is 5.91 Å². The maximum absolute atomic E-state index is 14.2. The summed E-state index contributed by atoms with van der Waals surface area (Å²) in [5.41, 5.74) is 3.77. The van der Waals surface area contributed by atoms with Crippen molar-refractivity contribution in [2.45, 2.75) is 13.0 Å². The van der Waals surface area contributed by atoms with Gasteiger partial charge in [-0.25, -0.2) is 4.39 Å². The summed E-state index contributed by atoms with van der Waals surface area (Å²) >= 11 is 0. The van der Waals surface area contributed by atoms with Crippen LogP contribution < -0.4 is 15.0 Å². The molecule has 2 aliphatic heterocycles. The van der Waals surface area contributed by atoms with Gasteiger partial charge in [-0.15, -0.1) is 0 Å². The van der Waals surface area contributed by atoms with Crippen molar-refractivity contribution >= 4 is 17.3 Å². The molecule has 2 aromatic rings. The summed E-state index contributed by atoms with van der Waals surface area (Å²) in [6.45, 7) is 1.42. The highest BCUT2D eigenvalue weighted by atomic mass is 19.1. The van der Waals surface area contributed by atoms with E-state index in [4.69, 9.17) is 4.74 Å². The van der Waals surface area contributed by atoms with Crippen LogP contribution in [0.3, 0.4) is 0 Å². The summed E-state index contributed by atoms with van der Waals surface area (Å²) in [5, 5.41) is 2.67. The Morgan fingerprint density at radius 1 is 1.18 bits per heavy atom. The number of nitrogens with zero attached hydrogens (tertiary/aromatic N) is 1. The van der Waals surface area contributed by atoms with Crippen LogP contribution in [0.15, 0.2) is 36.4 Å². The minimum Gasteiger partial charge on any atom is -0.478 e. The monoisotopic (exact) mass is 298 g/mol. The maximum atomic E-state index is 14.2. The van der Waals surface area contributed by atoms with Crippen LogP contribution in [-0.4, -0.2) is 19.1 Å². The summed E-state index contributed by atoms with van der Waals surface area (Å²) < 4.78 is 19.4. The highest BCUT2D eigenvalue weighted by molar-refractivity contribution is 5.96. The number of ether oxygens (including phenoxy) is 1. The molecule has 1 amide bonds. The predicted molar refractivity (Wildman–Crippen MR) is 81.7 cm³/mol. The van der Waals surface area contributed by atoms with Gasteiger partial charge in [-0.3, -0.25) is 4.79 Å². The lowest BCUT2D eigenvalue weighted by Crippen LogP contribution is -2.31. The van der Waals surface area contributed by atoms with Crippen molar-refractivity contribution in [2.75, 3.05) is 23.4 Å². The molecule has 0 bridgehead atoms. The zero-order valence-corrected chi connectivity index (χ0v) is 11.9. The lowest BCUT2D eigenvalue weighted by molar-refractivity contribution is -0.118. The number of nitrogens with one attached hydrogen (secondary N) is 1. The second kappa shape index (κ2) is 5.02. The number of benzene rings is 2. The molecule has 0 saturated heterocycles. The summed E-state index contributed by atoms with van der Waals surface area (Å²) in [6, 6.07) is 11.5. The Morgan fingerprint density at radius 2 is 2.00 bits per heavy atom. The fraction of sp³-hybridized carbons (Fsp3) is 0.235. The fourth-order valence-electron chi connectivity index (χ4n) is 3.04. The van der Waals surface area contributed by atoms with Crippen LogP contribution in [0.1, 0.15) is 11.1 Å². The number of hydrogen-bond acceptors (Lipinski definition) is 3. The molecule has 0 aliphatic carbocycles. The summed E-state index contributed by atoms with van der Waals surface area (Å²) in [6.07, 6.45) is 0.928. The van der Waals surface area contributed by atoms with Gasteiger partial charge in [-0.2, -0.15) is 0 Å². The topological polar surface area (TPSA) is 41.6 Å². The third kappa shape index (κ3) is 2.19. The molecule has 0 aromatic heterocycles. The Morgan fingerprint density at radius 3 is 2.86 bits per heavy atom. The van der Waals surface area contributed by atoms with Gasteiger partial charge in [0.15, 0.2) is 18.2 Å². The highest BCUT2D eigenvalue weighted by Gasteiger charge is 2.23. The fourth-order valence-corrected chi connectivity index (χ4v) is 3.04. The van der Waals surface area contributed by atoms with E-state index in [9.17, 15) is 9.18 Å². The van der Waals surface area contributed by atoms with E-state index in [0.29, 0.717) is 5.69 Å². The van der Waals surface area contributed by atoms with E-state index < -0.39 is 5.82 Å². The van der Waals surface area contributed by atoms with Crippen molar-refractivity contribution in [1.82, 2.24) is 0 Å². The van der Waals surface area contributed by atoms with Crippen molar-refractivity contribution < 1.29 is 13.9 Å². The minimum atomic E-state index is -0.439. The first kappa shape index (κ1) is 13.1.